The summed E-state index contributed by atoms with van der Waals surface area (Å²) in [5, 5.41) is 9.50. The third-order valence-electron chi connectivity index (χ3n) is 3.55. The Labute approximate surface area is 144 Å². The van der Waals surface area contributed by atoms with Gasteiger partial charge in [0.05, 0.1) is 13.2 Å². The summed E-state index contributed by atoms with van der Waals surface area (Å²) in [5.41, 5.74) is 2.07. The lowest BCUT2D eigenvalue weighted by molar-refractivity contribution is 0.185. The number of hydrogen-bond acceptors (Lipinski definition) is 4. The molecule has 0 unspecified atom stereocenters. The maximum atomic E-state index is 13.0. The monoisotopic (exact) mass is 343 g/mol. The van der Waals surface area contributed by atoms with Gasteiger partial charge in [0.2, 0.25) is 0 Å². The number of nitrogens with zero attached hydrogens (tertiary/aromatic N) is 3. The summed E-state index contributed by atoms with van der Waals surface area (Å²) in [4.78, 5) is 0. The van der Waals surface area contributed by atoms with Gasteiger partial charge in [0, 0.05) is 18.4 Å². The largest absolute Gasteiger partial charge is 0.383 e. The highest BCUT2D eigenvalue weighted by atomic mass is 32.2. The van der Waals surface area contributed by atoms with Crippen LogP contribution in [0.3, 0.4) is 0 Å². The van der Waals surface area contributed by atoms with Gasteiger partial charge in [-0.05, 0) is 17.7 Å². The first kappa shape index (κ1) is 16.7. The van der Waals surface area contributed by atoms with Gasteiger partial charge in [-0.3, -0.25) is 4.57 Å². The van der Waals surface area contributed by atoms with Gasteiger partial charge in [-0.2, -0.15) is 0 Å². The minimum atomic E-state index is -0.224. The maximum Gasteiger partial charge on any atom is 0.191 e. The van der Waals surface area contributed by atoms with E-state index in [9.17, 15) is 4.39 Å². The normalized spacial score (nSPS) is 10.9. The molecule has 0 bridgehead atoms. The number of ether oxygens (including phenoxy) is 1. The lowest BCUT2D eigenvalue weighted by Crippen LogP contribution is -2.07. The first-order valence-corrected chi connectivity index (χ1v) is 8.61. The van der Waals surface area contributed by atoms with Crippen molar-refractivity contribution in [2.24, 2.45) is 0 Å². The fourth-order valence-electron chi connectivity index (χ4n) is 2.31. The highest BCUT2D eigenvalue weighted by Gasteiger charge is 2.14. The second-order valence-electron chi connectivity index (χ2n) is 5.23. The maximum absolute atomic E-state index is 13.0. The molecule has 0 fully saturated rings. The lowest BCUT2D eigenvalue weighted by Gasteiger charge is -2.09. The predicted octanol–water partition coefficient (Wildman–Crippen LogP) is 4.02. The SMILES string of the molecule is COCCn1c(SCc2ccc(F)cc2)nnc1-c1ccccc1. The molecule has 3 rings (SSSR count). The number of halogens is 1. The molecule has 0 saturated heterocycles. The van der Waals surface area contributed by atoms with E-state index in [2.05, 4.69) is 14.8 Å². The van der Waals surface area contributed by atoms with E-state index in [1.54, 1.807) is 31.0 Å². The summed E-state index contributed by atoms with van der Waals surface area (Å²) in [6.45, 7) is 1.27. The van der Waals surface area contributed by atoms with Gasteiger partial charge in [-0.25, -0.2) is 4.39 Å². The average Bonchev–Trinajstić information content (AvgIpc) is 3.03. The summed E-state index contributed by atoms with van der Waals surface area (Å²) in [7, 11) is 1.68. The Bertz CT molecular complexity index is 775. The van der Waals surface area contributed by atoms with E-state index in [-0.39, 0.29) is 5.82 Å². The molecule has 0 saturated carbocycles. The Balaban J connectivity index is 1.81. The van der Waals surface area contributed by atoms with Crippen LogP contribution in [0.5, 0.6) is 0 Å². The van der Waals surface area contributed by atoms with Crippen molar-refractivity contribution in [3.05, 3.63) is 66.0 Å². The molecule has 0 aliphatic heterocycles. The molecule has 1 aromatic heterocycles. The number of methoxy groups -OCH3 is 1. The van der Waals surface area contributed by atoms with Crippen LogP contribution in [0.4, 0.5) is 4.39 Å². The minimum Gasteiger partial charge on any atom is -0.383 e. The van der Waals surface area contributed by atoms with Crippen molar-refractivity contribution in [1.29, 1.82) is 0 Å². The third kappa shape index (κ3) is 4.01. The van der Waals surface area contributed by atoms with Crippen LogP contribution in [-0.4, -0.2) is 28.5 Å². The van der Waals surface area contributed by atoms with Gasteiger partial charge in [0.1, 0.15) is 5.82 Å². The standard InChI is InChI=1S/C18H18FN3OS/c1-23-12-11-22-17(15-5-3-2-4-6-15)20-21-18(22)24-13-14-7-9-16(19)10-8-14/h2-10H,11-13H2,1H3. The molecule has 2 aromatic carbocycles. The number of benzene rings is 2. The molecule has 1 heterocycles. The van der Waals surface area contributed by atoms with Gasteiger partial charge >= 0.3 is 0 Å². The molecule has 124 valence electrons. The Morgan fingerprint density at radius 2 is 1.79 bits per heavy atom. The molecule has 3 aromatic rings. The predicted molar refractivity (Wildman–Crippen MR) is 93.3 cm³/mol. The second-order valence-corrected chi connectivity index (χ2v) is 6.17. The Morgan fingerprint density at radius 3 is 2.50 bits per heavy atom. The fraction of sp³-hybridized carbons (Fsp3) is 0.222. The zero-order chi connectivity index (χ0) is 16.8. The van der Waals surface area contributed by atoms with E-state index < -0.39 is 0 Å². The molecule has 24 heavy (non-hydrogen) atoms. The highest BCUT2D eigenvalue weighted by molar-refractivity contribution is 7.98. The van der Waals surface area contributed by atoms with Crippen LogP contribution in [0.1, 0.15) is 5.56 Å². The first-order chi connectivity index (χ1) is 11.8. The number of thioether (sulfide) groups is 1. The van der Waals surface area contributed by atoms with Crippen molar-refractivity contribution in [2.75, 3.05) is 13.7 Å². The van der Waals surface area contributed by atoms with Crippen LogP contribution >= 0.6 is 11.8 Å². The van der Waals surface area contributed by atoms with Gasteiger partial charge < -0.3 is 4.74 Å². The quantitative estimate of drug-likeness (QED) is 0.608. The van der Waals surface area contributed by atoms with Gasteiger partial charge in [0.15, 0.2) is 11.0 Å². The third-order valence-corrected chi connectivity index (χ3v) is 4.59. The number of rotatable bonds is 7. The highest BCUT2D eigenvalue weighted by Crippen LogP contribution is 2.26. The van der Waals surface area contributed by atoms with E-state index >= 15 is 0 Å². The number of hydrogen-bond donors (Lipinski definition) is 0. The van der Waals surface area contributed by atoms with Crippen LogP contribution in [-0.2, 0) is 17.0 Å². The Kier molecular flexibility index (Phi) is 5.61. The molecule has 0 amide bonds. The first-order valence-electron chi connectivity index (χ1n) is 7.62. The molecule has 0 aliphatic carbocycles. The summed E-state index contributed by atoms with van der Waals surface area (Å²) in [6, 6.07) is 16.5. The zero-order valence-corrected chi connectivity index (χ0v) is 14.2. The van der Waals surface area contributed by atoms with Crippen LogP contribution in [0.2, 0.25) is 0 Å². The molecule has 6 heteroatoms. The van der Waals surface area contributed by atoms with Gasteiger partial charge in [-0.1, -0.05) is 54.2 Å². The number of aromatic nitrogens is 3. The van der Waals surface area contributed by atoms with Gasteiger partial charge in [-0.15, -0.1) is 10.2 Å². The van der Waals surface area contributed by atoms with Crippen molar-refractivity contribution >= 4 is 11.8 Å². The van der Waals surface area contributed by atoms with E-state index in [4.69, 9.17) is 4.74 Å². The molecular formula is C18H18FN3OS. The molecule has 0 N–H and O–H groups in total. The zero-order valence-electron chi connectivity index (χ0n) is 13.4. The molecule has 0 atom stereocenters. The minimum absolute atomic E-state index is 0.224. The lowest BCUT2D eigenvalue weighted by atomic mass is 10.2. The summed E-state index contributed by atoms with van der Waals surface area (Å²) >= 11 is 1.58. The van der Waals surface area contributed by atoms with E-state index in [1.165, 1.54) is 12.1 Å². The van der Waals surface area contributed by atoms with Crippen molar-refractivity contribution in [3.8, 4) is 11.4 Å². The van der Waals surface area contributed by atoms with E-state index in [0.717, 1.165) is 22.1 Å². The topological polar surface area (TPSA) is 39.9 Å². The summed E-state index contributed by atoms with van der Waals surface area (Å²) in [5.74, 6) is 1.31. The van der Waals surface area contributed by atoms with Crippen molar-refractivity contribution in [3.63, 3.8) is 0 Å². The molecule has 4 nitrogen and oxygen atoms in total. The Hall–Kier alpha value is -2.18. The van der Waals surface area contributed by atoms with Crippen LogP contribution in [0, 0.1) is 5.82 Å². The van der Waals surface area contributed by atoms with E-state index in [0.29, 0.717) is 18.9 Å². The van der Waals surface area contributed by atoms with Crippen molar-refractivity contribution in [1.82, 2.24) is 14.8 Å². The molecule has 0 aliphatic rings. The molecule has 0 spiro atoms. The van der Waals surface area contributed by atoms with Crippen LogP contribution < -0.4 is 0 Å². The average molecular weight is 343 g/mol. The van der Waals surface area contributed by atoms with Crippen LogP contribution in [0.25, 0.3) is 11.4 Å². The van der Waals surface area contributed by atoms with Gasteiger partial charge in [0.25, 0.3) is 0 Å². The van der Waals surface area contributed by atoms with Crippen molar-refractivity contribution < 1.29 is 9.13 Å². The summed E-state index contributed by atoms with van der Waals surface area (Å²) in [6.07, 6.45) is 0. The molecular weight excluding hydrogens is 325 g/mol. The van der Waals surface area contributed by atoms with E-state index in [1.807, 2.05) is 30.3 Å². The van der Waals surface area contributed by atoms with Crippen molar-refractivity contribution in [2.45, 2.75) is 17.5 Å². The second kappa shape index (κ2) is 8.08. The fourth-order valence-corrected chi connectivity index (χ4v) is 3.23. The smallest absolute Gasteiger partial charge is 0.191 e. The van der Waals surface area contributed by atoms with Crippen LogP contribution in [0.15, 0.2) is 59.8 Å². The molecule has 0 radical (unpaired) electrons. The summed E-state index contributed by atoms with van der Waals surface area (Å²) < 4.78 is 20.3. The Morgan fingerprint density at radius 1 is 1.04 bits per heavy atom.